The van der Waals surface area contributed by atoms with Crippen molar-refractivity contribution in [3.05, 3.63) is 35.4 Å². The number of aliphatic carboxylic acids is 1. The first kappa shape index (κ1) is 15.6. The minimum Gasteiger partial charge on any atom is -0.497 e. The Morgan fingerprint density at radius 3 is 2.84 bits per heavy atom. The minimum absolute atomic E-state index is 0.703. The molecule has 1 N–H and O–H groups in total. The number of thioether (sulfide) groups is 1. The molecule has 5 heteroatoms. The number of carboxylic acid groups (broad SMARTS) is 1. The molecule has 1 aromatic carbocycles. The van der Waals surface area contributed by atoms with Gasteiger partial charge in [0.1, 0.15) is 5.75 Å². The van der Waals surface area contributed by atoms with Crippen LogP contribution in [0.3, 0.4) is 0 Å². The lowest BCUT2D eigenvalue weighted by Crippen LogP contribution is -1.95. The summed E-state index contributed by atoms with van der Waals surface area (Å²) in [6.45, 7) is 0.703. The summed E-state index contributed by atoms with van der Waals surface area (Å²) in [5.74, 6) is 1.51. The van der Waals surface area contributed by atoms with Crippen LogP contribution >= 0.6 is 11.8 Å². The van der Waals surface area contributed by atoms with E-state index in [0.717, 1.165) is 34.5 Å². The molecule has 1 rings (SSSR count). The quantitative estimate of drug-likeness (QED) is 0.587. The van der Waals surface area contributed by atoms with E-state index in [2.05, 4.69) is 0 Å². The molecule has 0 heterocycles. The normalized spacial score (nSPS) is 10.8. The number of methoxy groups -OCH3 is 2. The lowest BCUT2D eigenvalue weighted by Gasteiger charge is -2.08. The van der Waals surface area contributed by atoms with Crippen molar-refractivity contribution in [3.63, 3.8) is 0 Å². The van der Waals surface area contributed by atoms with E-state index in [4.69, 9.17) is 14.6 Å². The highest BCUT2D eigenvalue weighted by Gasteiger charge is 2.03. The molecule has 0 fully saturated rings. The predicted octanol–water partition coefficient (Wildman–Crippen LogP) is 2.67. The van der Waals surface area contributed by atoms with Crippen molar-refractivity contribution in [3.8, 4) is 5.75 Å². The van der Waals surface area contributed by atoms with Gasteiger partial charge in [0, 0.05) is 24.7 Å². The van der Waals surface area contributed by atoms with Gasteiger partial charge in [0.15, 0.2) is 0 Å². The molecule has 1 aromatic rings. The molecule has 0 saturated carbocycles. The van der Waals surface area contributed by atoms with Crippen molar-refractivity contribution in [2.24, 2.45) is 0 Å². The van der Waals surface area contributed by atoms with Crippen LogP contribution in [0.1, 0.15) is 11.1 Å². The lowest BCUT2D eigenvalue weighted by atomic mass is 10.1. The molecule has 0 unspecified atom stereocenters. The molecule has 0 spiro atoms. The molecular formula is C14H18O4S. The molecule has 0 atom stereocenters. The van der Waals surface area contributed by atoms with Crippen molar-refractivity contribution < 1.29 is 19.4 Å². The zero-order valence-corrected chi connectivity index (χ0v) is 11.9. The van der Waals surface area contributed by atoms with Gasteiger partial charge in [-0.25, -0.2) is 4.79 Å². The number of benzene rings is 1. The fourth-order valence-electron chi connectivity index (χ4n) is 1.48. The van der Waals surface area contributed by atoms with Gasteiger partial charge >= 0.3 is 5.97 Å². The second-order valence-corrected chi connectivity index (χ2v) is 4.89. The van der Waals surface area contributed by atoms with Gasteiger partial charge in [-0.2, -0.15) is 11.8 Å². The van der Waals surface area contributed by atoms with E-state index in [0.29, 0.717) is 6.61 Å². The molecule has 0 saturated heterocycles. The van der Waals surface area contributed by atoms with E-state index in [1.165, 1.54) is 0 Å². The summed E-state index contributed by atoms with van der Waals surface area (Å²) in [7, 11) is 3.29. The van der Waals surface area contributed by atoms with Crippen LogP contribution in [0.2, 0.25) is 0 Å². The lowest BCUT2D eigenvalue weighted by molar-refractivity contribution is -0.131. The Hall–Kier alpha value is -1.46. The zero-order valence-electron chi connectivity index (χ0n) is 11.1. The summed E-state index contributed by atoms with van der Waals surface area (Å²) in [5, 5.41) is 8.68. The monoisotopic (exact) mass is 282 g/mol. The maximum atomic E-state index is 10.6. The maximum absolute atomic E-state index is 10.6. The van der Waals surface area contributed by atoms with E-state index in [1.807, 2.05) is 18.2 Å². The smallest absolute Gasteiger partial charge is 0.328 e. The van der Waals surface area contributed by atoms with E-state index in [-0.39, 0.29) is 0 Å². The van der Waals surface area contributed by atoms with E-state index >= 15 is 0 Å². The summed E-state index contributed by atoms with van der Waals surface area (Å²) in [5.41, 5.74) is 1.95. The van der Waals surface area contributed by atoms with Gasteiger partial charge in [-0.1, -0.05) is 6.07 Å². The Morgan fingerprint density at radius 2 is 2.21 bits per heavy atom. The molecule has 104 valence electrons. The van der Waals surface area contributed by atoms with Crippen LogP contribution in [0.4, 0.5) is 0 Å². The Morgan fingerprint density at radius 1 is 1.42 bits per heavy atom. The molecule has 0 aromatic heterocycles. The van der Waals surface area contributed by atoms with Crippen LogP contribution in [0.15, 0.2) is 24.3 Å². The first-order valence-corrected chi connectivity index (χ1v) is 6.97. The van der Waals surface area contributed by atoms with Gasteiger partial charge in [-0.05, 0) is 29.3 Å². The van der Waals surface area contributed by atoms with Gasteiger partial charge < -0.3 is 14.6 Å². The van der Waals surface area contributed by atoms with Gasteiger partial charge in [0.25, 0.3) is 0 Å². The summed E-state index contributed by atoms with van der Waals surface area (Å²) >= 11 is 1.74. The Labute approximate surface area is 117 Å². The molecular weight excluding hydrogens is 264 g/mol. The highest BCUT2D eigenvalue weighted by Crippen LogP contribution is 2.23. The molecule has 0 amide bonds. The third-order valence-corrected chi connectivity index (χ3v) is 3.42. The van der Waals surface area contributed by atoms with Crippen molar-refractivity contribution >= 4 is 23.8 Å². The molecule has 0 bridgehead atoms. The van der Waals surface area contributed by atoms with Crippen LogP contribution in [-0.2, 0) is 15.3 Å². The van der Waals surface area contributed by atoms with Crippen LogP contribution in [0.25, 0.3) is 6.08 Å². The summed E-state index contributed by atoms with van der Waals surface area (Å²) in [6, 6.07) is 5.62. The highest BCUT2D eigenvalue weighted by molar-refractivity contribution is 7.98. The Bertz CT molecular complexity index is 443. The summed E-state index contributed by atoms with van der Waals surface area (Å²) in [6.07, 6.45) is 2.75. The van der Waals surface area contributed by atoms with Gasteiger partial charge in [0.05, 0.1) is 13.7 Å². The molecule has 0 aliphatic rings. The molecule has 4 nitrogen and oxygen atoms in total. The second kappa shape index (κ2) is 8.61. The topological polar surface area (TPSA) is 55.8 Å². The van der Waals surface area contributed by atoms with Crippen molar-refractivity contribution in [1.82, 2.24) is 0 Å². The average Bonchev–Trinajstić information content (AvgIpc) is 2.41. The number of rotatable bonds is 8. The predicted molar refractivity (Wildman–Crippen MR) is 77.7 cm³/mol. The molecule has 0 aliphatic carbocycles. The SMILES string of the molecule is COCCSCc1cc(OC)ccc1C=CC(=O)O. The molecule has 0 aliphatic heterocycles. The Balaban J connectivity index is 2.80. The largest absolute Gasteiger partial charge is 0.497 e. The average molecular weight is 282 g/mol. The van der Waals surface area contributed by atoms with Crippen LogP contribution in [0.5, 0.6) is 5.75 Å². The van der Waals surface area contributed by atoms with Gasteiger partial charge in [-0.3, -0.25) is 0 Å². The number of carbonyl (C=O) groups is 1. The number of carboxylic acids is 1. The van der Waals surface area contributed by atoms with E-state index in [9.17, 15) is 4.79 Å². The number of hydrogen-bond acceptors (Lipinski definition) is 4. The number of ether oxygens (including phenoxy) is 2. The van der Waals surface area contributed by atoms with Crippen molar-refractivity contribution in [2.75, 3.05) is 26.6 Å². The van der Waals surface area contributed by atoms with Crippen molar-refractivity contribution in [1.29, 1.82) is 0 Å². The van der Waals surface area contributed by atoms with E-state index in [1.54, 1.807) is 32.1 Å². The first-order valence-electron chi connectivity index (χ1n) is 5.82. The van der Waals surface area contributed by atoms with E-state index < -0.39 is 5.97 Å². The third-order valence-electron chi connectivity index (χ3n) is 2.44. The highest BCUT2D eigenvalue weighted by atomic mass is 32.2. The number of hydrogen-bond donors (Lipinski definition) is 1. The van der Waals surface area contributed by atoms with Gasteiger partial charge in [-0.15, -0.1) is 0 Å². The zero-order chi connectivity index (χ0) is 14.1. The second-order valence-electron chi connectivity index (χ2n) is 3.78. The summed E-state index contributed by atoms with van der Waals surface area (Å²) in [4.78, 5) is 10.6. The van der Waals surface area contributed by atoms with Gasteiger partial charge in [0.2, 0.25) is 0 Å². The first-order chi connectivity index (χ1) is 9.17. The molecule has 0 radical (unpaired) electrons. The molecule has 19 heavy (non-hydrogen) atoms. The fourth-order valence-corrected chi connectivity index (χ4v) is 2.38. The van der Waals surface area contributed by atoms with Crippen molar-refractivity contribution in [2.45, 2.75) is 5.75 Å². The van der Waals surface area contributed by atoms with Crippen LogP contribution in [0, 0.1) is 0 Å². The third kappa shape index (κ3) is 5.81. The van der Waals surface area contributed by atoms with Crippen LogP contribution < -0.4 is 4.74 Å². The summed E-state index contributed by atoms with van der Waals surface area (Å²) < 4.78 is 10.2. The Kier molecular flexibility index (Phi) is 7.07. The van der Waals surface area contributed by atoms with Crippen LogP contribution in [-0.4, -0.2) is 37.7 Å². The maximum Gasteiger partial charge on any atom is 0.328 e. The fraction of sp³-hybridized carbons (Fsp3) is 0.357. The minimum atomic E-state index is -0.950. The standard InChI is InChI=1S/C14H18O4S/c1-17-7-8-19-10-12-9-13(18-2)5-3-11(12)4-6-14(15)16/h3-6,9H,7-8,10H2,1-2H3,(H,15,16).